The Hall–Kier alpha value is -2.10. The Bertz CT molecular complexity index is 330. The zero-order chi connectivity index (χ0) is 14.0. The highest BCUT2D eigenvalue weighted by molar-refractivity contribution is 5.88. The molecule has 18 heavy (non-hydrogen) atoms. The molecule has 98 valence electrons. The zero-order valence-corrected chi connectivity index (χ0v) is 10.4. The summed E-state index contributed by atoms with van der Waals surface area (Å²) in [5.41, 5.74) is 0.625. The third kappa shape index (κ3) is 6.48. The third-order valence-corrected chi connectivity index (χ3v) is 1.91. The summed E-state index contributed by atoms with van der Waals surface area (Å²) < 4.78 is 9.67. The SMILES string of the molecule is C=CCC(=C)C(=O)OCCOC(=O)C(=C)CC=C. The number of carbonyl (C=O) groups is 2. The van der Waals surface area contributed by atoms with E-state index in [2.05, 4.69) is 26.3 Å². The van der Waals surface area contributed by atoms with Gasteiger partial charge in [0, 0.05) is 11.1 Å². The van der Waals surface area contributed by atoms with Gasteiger partial charge in [0.1, 0.15) is 13.2 Å². The highest BCUT2D eigenvalue weighted by Gasteiger charge is 2.09. The summed E-state index contributed by atoms with van der Waals surface area (Å²) in [6.45, 7) is 14.0. The second-order valence-electron chi connectivity index (χ2n) is 3.46. The molecule has 0 saturated carbocycles. The molecule has 4 nitrogen and oxygen atoms in total. The summed E-state index contributed by atoms with van der Waals surface area (Å²) in [6.07, 6.45) is 3.86. The van der Waals surface area contributed by atoms with Crippen LogP contribution in [0.4, 0.5) is 0 Å². The minimum absolute atomic E-state index is 0.0118. The van der Waals surface area contributed by atoms with E-state index >= 15 is 0 Å². The summed E-state index contributed by atoms with van der Waals surface area (Å²) in [7, 11) is 0. The van der Waals surface area contributed by atoms with Crippen molar-refractivity contribution < 1.29 is 19.1 Å². The van der Waals surface area contributed by atoms with Gasteiger partial charge in [-0.3, -0.25) is 0 Å². The van der Waals surface area contributed by atoms with Crippen LogP contribution in [-0.4, -0.2) is 25.2 Å². The largest absolute Gasteiger partial charge is 0.459 e. The van der Waals surface area contributed by atoms with Crippen LogP contribution in [-0.2, 0) is 19.1 Å². The Morgan fingerprint density at radius 1 is 0.833 bits per heavy atom. The molecule has 0 N–H and O–H groups in total. The molecule has 0 spiro atoms. The number of rotatable bonds is 9. The highest BCUT2D eigenvalue weighted by atomic mass is 16.6. The summed E-state index contributed by atoms with van der Waals surface area (Å²) in [5.74, 6) is -1.04. The lowest BCUT2D eigenvalue weighted by atomic mass is 10.2. The molecular weight excluding hydrogens is 232 g/mol. The fourth-order valence-corrected chi connectivity index (χ4v) is 0.988. The first-order chi connectivity index (χ1) is 8.52. The lowest BCUT2D eigenvalue weighted by Gasteiger charge is -2.07. The summed E-state index contributed by atoms with van der Waals surface area (Å²) >= 11 is 0. The van der Waals surface area contributed by atoms with Crippen molar-refractivity contribution in [2.45, 2.75) is 12.8 Å². The smallest absolute Gasteiger partial charge is 0.333 e. The molecule has 0 aromatic heterocycles. The number of ether oxygens (including phenoxy) is 2. The molecule has 0 aromatic carbocycles. The van der Waals surface area contributed by atoms with Gasteiger partial charge >= 0.3 is 11.9 Å². The Kier molecular flexibility index (Phi) is 7.94. The Morgan fingerprint density at radius 3 is 1.44 bits per heavy atom. The molecule has 0 saturated heterocycles. The summed E-state index contributed by atoms with van der Waals surface area (Å²) in [5, 5.41) is 0. The maximum Gasteiger partial charge on any atom is 0.333 e. The Balaban J connectivity index is 3.80. The van der Waals surface area contributed by atoms with Gasteiger partial charge in [-0.2, -0.15) is 0 Å². The predicted molar refractivity (Wildman–Crippen MR) is 69.8 cm³/mol. The Morgan fingerprint density at radius 2 is 1.17 bits per heavy atom. The molecule has 0 fully saturated rings. The number of carbonyl (C=O) groups excluding carboxylic acids is 2. The van der Waals surface area contributed by atoms with Gasteiger partial charge in [0.05, 0.1) is 0 Å². The van der Waals surface area contributed by atoms with E-state index in [0.29, 0.717) is 24.0 Å². The fourth-order valence-electron chi connectivity index (χ4n) is 0.988. The first kappa shape index (κ1) is 15.9. The van der Waals surface area contributed by atoms with E-state index < -0.39 is 11.9 Å². The van der Waals surface area contributed by atoms with Crippen LogP contribution in [0, 0.1) is 0 Å². The zero-order valence-electron chi connectivity index (χ0n) is 10.4. The van der Waals surface area contributed by atoms with Crippen molar-refractivity contribution in [1.29, 1.82) is 0 Å². The highest BCUT2D eigenvalue weighted by Crippen LogP contribution is 2.03. The second-order valence-corrected chi connectivity index (χ2v) is 3.46. The molecule has 0 atom stereocenters. The first-order valence-electron chi connectivity index (χ1n) is 5.44. The average molecular weight is 250 g/mol. The van der Waals surface area contributed by atoms with Gasteiger partial charge < -0.3 is 9.47 Å². The van der Waals surface area contributed by atoms with Crippen LogP contribution in [0.15, 0.2) is 49.6 Å². The topological polar surface area (TPSA) is 52.6 Å². The van der Waals surface area contributed by atoms with Crippen LogP contribution in [0.1, 0.15) is 12.8 Å². The van der Waals surface area contributed by atoms with Crippen LogP contribution in [0.5, 0.6) is 0 Å². The van der Waals surface area contributed by atoms with Crippen molar-refractivity contribution in [3.63, 3.8) is 0 Å². The van der Waals surface area contributed by atoms with E-state index in [1.807, 2.05) is 0 Å². The van der Waals surface area contributed by atoms with Crippen LogP contribution in [0.3, 0.4) is 0 Å². The standard InChI is InChI=1S/C14H18O4/c1-5-7-11(3)13(15)17-9-10-18-14(16)12(4)8-6-2/h5-6H,1-4,7-10H2. The second kappa shape index (κ2) is 8.98. The Labute approximate surface area is 107 Å². The van der Waals surface area contributed by atoms with Gasteiger partial charge in [-0.15, -0.1) is 13.2 Å². The van der Waals surface area contributed by atoms with E-state index in [1.54, 1.807) is 12.2 Å². The van der Waals surface area contributed by atoms with Gasteiger partial charge in [-0.1, -0.05) is 25.3 Å². The van der Waals surface area contributed by atoms with Gasteiger partial charge in [-0.25, -0.2) is 9.59 Å². The van der Waals surface area contributed by atoms with E-state index in [0.717, 1.165) is 0 Å². The van der Waals surface area contributed by atoms with Crippen molar-refractivity contribution in [2.24, 2.45) is 0 Å². The van der Waals surface area contributed by atoms with Crippen LogP contribution in [0.2, 0.25) is 0 Å². The molecule has 0 bridgehead atoms. The lowest BCUT2D eigenvalue weighted by molar-refractivity contribution is -0.147. The molecule has 0 aliphatic heterocycles. The first-order valence-corrected chi connectivity index (χ1v) is 5.44. The molecule has 0 aromatic rings. The maximum absolute atomic E-state index is 11.3. The quantitative estimate of drug-likeness (QED) is 0.273. The maximum atomic E-state index is 11.3. The molecule has 4 heteroatoms. The molecule has 0 aliphatic rings. The molecule has 0 unspecified atom stereocenters. The minimum atomic E-state index is -0.518. The molecule has 0 aliphatic carbocycles. The van der Waals surface area contributed by atoms with Crippen LogP contribution < -0.4 is 0 Å². The lowest BCUT2D eigenvalue weighted by Crippen LogP contribution is -2.15. The van der Waals surface area contributed by atoms with E-state index in [9.17, 15) is 9.59 Å². The molecule has 0 heterocycles. The van der Waals surface area contributed by atoms with Crippen LogP contribution in [0.25, 0.3) is 0 Å². The van der Waals surface area contributed by atoms with Crippen molar-refractivity contribution in [3.05, 3.63) is 49.6 Å². The number of allylic oxidation sites excluding steroid dienone is 2. The molecule has 0 amide bonds. The predicted octanol–water partition coefficient (Wildman–Crippen LogP) is 2.34. The number of hydrogen-bond acceptors (Lipinski definition) is 4. The van der Waals surface area contributed by atoms with Gasteiger partial charge in [-0.05, 0) is 12.8 Å². The summed E-state index contributed by atoms with van der Waals surface area (Å²) in [4.78, 5) is 22.5. The fraction of sp³-hybridized carbons (Fsp3) is 0.286. The third-order valence-electron chi connectivity index (χ3n) is 1.91. The average Bonchev–Trinajstić information content (AvgIpc) is 2.34. The van der Waals surface area contributed by atoms with Gasteiger partial charge in [0.2, 0.25) is 0 Å². The van der Waals surface area contributed by atoms with Crippen molar-refractivity contribution in [1.82, 2.24) is 0 Å². The monoisotopic (exact) mass is 250 g/mol. The number of esters is 2. The normalized spacial score (nSPS) is 9.11. The van der Waals surface area contributed by atoms with Gasteiger partial charge in [0.15, 0.2) is 0 Å². The molecular formula is C14H18O4. The molecule has 0 radical (unpaired) electrons. The van der Waals surface area contributed by atoms with Crippen molar-refractivity contribution >= 4 is 11.9 Å². The van der Waals surface area contributed by atoms with E-state index in [-0.39, 0.29) is 13.2 Å². The van der Waals surface area contributed by atoms with Crippen LogP contribution >= 0.6 is 0 Å². The minimum Gasteiger partial charge on any atom is -0.459 e. The van der Waals surface area contributed by atoms with Crippen molar-refractivity contribution in [2.75, 3.05) is 13.2 Å². The van der Waals surface area contributed by atoms with E-state index in [1.165, 1.54) is 0 Å². The van der Waals surface area contributed by atoms with Gasteiger partial charge in [0.25, 0.3) is 0 Å². The summed E-state index contributed by atoms with van der Waals surface area (Å²) in [6, 6.07) is 0. The van der Waals surface area contributed by atoms with Crippen molar-refractivity contribution in [3.8, 4) is 0 Å². The number of hydrogen-bond donors (Lipinski definition) is 0. The molecule has 0 rings (SSSR count). The van der Waals surface area contributed by atoms with E-state index in [4.69, 9.17) is 9.47 Å².